The first-order valence-electron chi connectivity index (χ1n) is 6.96. The Morgan fingerprint density at radius 3 is 2.32 bits per heavy atom. The van der Waals surface area contributed by atoms with Crippen LogP contribution < -0.4 is 5.32 Å². The van der Waals surface area contributed by atoms with E-state index in [-0.39, 0.29) is 0 Å². The Bertz CT molecular complexity index is 525. The zero-order valence-corrected chi connectivity index (χ0v) is 13.1. The van der Waals surface area contributed by atoms with Crippen molar-refractivity contribution in [3.63, 3.8) is 0 Å². The summed E-state index contributed by atoms with van der Waals surface area (Å²) in [5, 5.41) is 3.63. The standard InChI is InChI=1S/C17H23NS/c1-5-18-16(17-13(3)10-14(4)19-17)11-15-8-6-12(2)7-9-15/h6-10,16,18H,5,11H2,1-4H3. The van der Waals surface area contributed by atoms with E-state index in [1.165, 1.54) is 26.4 Å². The van der Waals surface area contributed by atoms with Crippen molar-refractivity contribution in [2.75, 3.05) is 6.54 Å². The normalized spacial score (nSPS) is 12.6. The lowest BCUT2D eigenvalue weighted by atomic mass is 10.0. The van der Waals surface area contributed by atoms with Crippen molar-refractivity contribution in [3.8, 4) is 0 Å². The lowest BCUT2D eigenvalue weighted by Gasteiger charge is -2.18. The number of nitrogens with one attached hydrogen (secondary N) is 1. The molecule has 0 aliphatic heterocycles. The van der Waals surface area contributed by atoms with Crippen LogP contribution >= 0.6 is 11.3 Å². The molecule has 0 aliphatic carbocycles. The van der Waals surface area contributed by atoms with Gasteiger partial charge in [0.15, 0.2) is 0 Å². The van der Waals surface area contributed by atoms with Crippen LogP contribution in [0.5, 0.6) is 0 Å². The summed E-state index contributed by atoms with van der Waals surface area (Å²) in [6, 6.07) is 11.6. The van der Waals surface area contributed by atoms with Gasteiger partial charge in [-0.3, -0.25) is 0 Å². The van der Waals surface area contributed by atoms with Gasteiger partial charge in [-0.25, -0.2) is 0 Å². The summed E-state index contributed by atoms with van der Waals surface area (Å²) in [5.41, 5.74) is 4.15. The molecule has 1 N–H and O–H groups in total. The average Bonchev–Trinajstić information content (AvgIpc) is 2.71. The van der Waals surface area contributed by atoms with E-state index in [2.05, 4.69) is 63.3 Å². The van der Waals surface area contributed by atoms with Crippen molar-refractivity contribution in [1.29, 1.82) is 0 Å². The molecule has 0 amide bonds. The predicted molar refractivity (Wildman–Crippen MR) is 85.1 cm³/mol. The molecule has 0 spiro atoms. The van der Waals surface area contributed by atoms with Gasteiger partial charge in [-0.1, -0.05) is 36.8 Å². The first-order chi connectivity index (χ1) is 9.10. The van der Waals surface area contributed by atoms with Crippen molar-refractivity contribution >= 4 is 11.3 Å². The number of rotatable bonds is 5. The molecule has 1 aromatic carbocycles. The fraction of sp³-hybridized carbons (Fsp3) is 0.412. The molecule has 1 heterocycles. The minimum absolute atomic E-state index is 0.436. The lowest BCUT2D eigenvalue weighted by Crippen LogP contribution is -2.22. The van der Waals surface area contributed by atoms with E-state index in [9.17, 15) is 0 Å². The second-order valence-electron chi connectivity index (χ2n) is 5.20. The maximum atomic E-state index is 3.63. The van der Waals surface area contributed by atoms with Crippen LogP contribution in [0.4, 0.5) is 0 Å². The second-order valence-corrected chi connectivity index (χ2v) is 6.49. The third kappa shape index (κ3) is 3.68. The fourth-order valence-corrected chi connectivity index (χ4v) is 3.58. The Morgan fingerprint density at radius 2 is 1.79 bits per heavy atom. The molecule has 1 unspecified atom stereocenters. The van der Waals surface area contributed by atoms with Crippen molar-refractivity contribution in [1.82, 2.24) is 5.32 Å². The monoisotopic (exact) mass is 273 g/mol. The Kier molecular flexibility index (Phi) is 4.78. The molecule has 0 fully saturated rings. The molecule has 0 bridgehead atoms. The van der Waals surface area contributed by atoms with Crippen LogP contribution in [-0.4, -0.2) is 6.54 Å². The smallest absolute Gasteiger partial charge is 0.0458 e. The van der Waals surface area contributed by atoms with Crippen LogP contribution in [0.2, 0.25) is 0 Å². The molecule has 0 radical (unpaired) electrons. The van der Waals surface area contributed by atoms with Crippen LogP contribution in [0, 0.1) is 20.8 Å². The molecule has 1 aromatic heterocycles. The van der Waals surface area contributed by atoms with Crippen molar-refractivity contribution in [2.24, 2.45) is 0 Å². The molecule has 0 saturated carbocycles. The average molecular weight is 273 g/mol. The topological polar surface area (TPSA) is 12.0 Å². The summed E-state index contributed by atoms with van der Waals surface area (Å²) >= 11 is 1.92. The van der Waals surface area contributed by atoms with Crippen LogP contribution in [0.15, 0.2) is 30.3 Å². The third-order valence-electron chi connectivity index (χ3n) is 3.41. The quantitative estimate of drug-likeness (QED) is 0.841. The van der Waals surface area contributed by atoms with Gasteiger partial charge in [-0.15, -0.1) is 11.3 Å². The van der Waals surface area contributed by atoms with Crippen LogP contribution in [0.1, 0.15) is 39.4 Å². The maximum absolute atomic E-state index is 3.63. The van der Waals surface area contributed by atoms with Gasteiger partial charge in [0.2, 0.25) is 0 Å². The van der Waals surface area contributed by atoms with Gasteiger partial charge in [0.05, 0.1) is 0 Å². The molecule has 0 saturated heterocycles. The van der Waals surface area contributed by atoms with Gasteiger partial charge >= 0.3 is 0 Å². The molecule has 102 valence electrons. The Labute approximate surface area is 120 Å². The molecule has 19 heavy (non-hydrogen) atoms. The van der Waals surface area contributed by atoms with E-state index in [1.54, 1.807) is 0 Å². The van der Waals surface area contributed by atoms with Crippen molar-refractivity contribution < 1.29 is 0 Å². The highest BCUT2D eigenvalue weighted by atomic mass is 32.1. The zero-order chi connectivity index (χ0) is 13.8. The minimum atomic E-state index is 0.436. The fourth-order valence-electron chi connectivity index (χ4n) is 2.47. The largest absolute Gasteiger partial charge is 0.309 e. The highest BCUT2D eigenvalue weighted by Crippen LogP contribution is 2.29. The van der Waals surface area contributed by atoms with Gasteiger partial charge in [0, 0.05) is 15.8 Å². The summed E-state index contributed by atoms with van der Waals surface area (Å²) in [6.07, 6.45) is 1.06. The van der Waals surface area contributed by atoms with E-state index in [4.69, 9.17) is 0 Å². The summed E-state index contributed by atoms with van der Waals surface area (Å²) in [5.74, 6) is 0. The van der Waals surface area contributed by atoms with Gasteiger partial charge in [0.25, 0.3) is 0 Å². The molecule has 2 rings (SSSR count). The Balaban J connectivity index is 2.20. The summed E-state index contributed by atoms with van der Waals surface area (Å²) in [6.45, 7) is 9.73. The van der Waals surface area contributed by atoms with Gasteiger partial charge in [-0.05, 0) is 50.9 Å². The molecular weight excluding hydrogens is 250 g/mol. The van der Waals surface area contributed by atoms with Crippen LogP contribution in [-0.2, 0) is 6.42 Å². The molecule has 2 heteroatoms. The number of hydrogen-bond acceptors (Lipinski definition) is 2. The maximum Gasteiger partial charge on any atom is 0.0458 e. The van der Waals surface area contributed by atoms with Crippen LogP contribution in [0.3, 0.4) is 0 Å². The summed E-state index contributed by atoms with van der Waals surface area (Å²) < 4.78 is 0. The first-order valence-corrected chi connectivity index (χ1v) is 7.77. The molecule has 1 nitrogen and oxygen atoms in total. The first kappa shape index (κ1) is 14.3. The number of benzene rings is 1. The zero-order valence-electron chi connectivity index (χ0n) is 12.3. The van der Waals surface area contributed by atoms with E-state index in [0.29, 0.717) is 6.04 Å². The summed E-state index contributed by atoms with van der Waals surface area (Å²) in [4.78, 5) is 2.89. The molecule has 1 atom stereocenters. The Morgan fingerprint density at radius 1 is 1.11 bits per heavy atom. The molecule has 2 aromatic rings. The van der Waals surface area contributed by atoms with E-state index < -0.39 is 0 Å². The SMILES string of the molecule is CCNC(Cc1ccc(C)cc1)c1sc(C)cc1C. The van der Waals surface area contributed by atoms with Crippen molar-refractivity contribution in [3.05, 3.63) is 56.8 Å². The number of aryl methyl sites for hydroxylation is 3. The predicted octanol–water partition coefficient (Wildman–Crippen LogP) is 4.57. The third-order valence-corrected chi connectivity index (χ3v) is 4.67. The number of hydrogen-bond donors (Lipinski definition) is 1. The van der Waals surface area contributed by atoms with E-state index in [0.717, 1.165) is 13.0 Å². The number of thiophene rings is 1. The summed E-state index contributed by atoms with van der Waals surface area (Å²) in [7, 11) is 0. The van der Waals surface area contributed by atoms with E-state index >= 15 is 0 Å². The molecule has 0 aliphatic rings. The van der Waals surface area contributed by atoms with Crippen molar-refractivity contribution in [2.45, 2.75) is 40.2 Å². The van der Waals surface area contributed by atoms with Gasteiger partial charge < -0.3 is 5.32 Å². The highest BCUT2D eigenvalue weighted by molar-refractivity contribution is 7.12. The van der Waals surface area contributed by atoms with Crippen LogP contribution in [0.25, 0.3) is 0 Å². The minimum Gasteiger partial charge on any atom is -0.309 e. The highest BCUT2D eigenvalue weighted by Gasteiger charge is 2.15. The lowest BCUT2D eigenvalue weighted by molar-refractivity contribution is 0.556. The molecular formula is C17H23NS. The second kappa shape index (κ2) is 6.36. The van der Waals surface area contributed by atoms with Gasteiger partial charge in [0.1, 0.15) is 0 Å². The van der Waals surface area contributed by atoms with Gasteiger partial charge in [-0.2, -0.15) is 0 Å². The number of likely N-dealkylation sites (N-methyl/N-ethyl adjacent to an activating group) is 1. The van der Waals surface area contributed by atoms with E-state index in [1.807, 2.05) is 11.3 Å². The Hall–Kier alpha value is -1.12.